The van der Waals surface area contributed by atoms with Gasteiger partial charge in [0.25, 0.3) is 11.6 Å². The Hall–Kier alpha value is -3.38. The van der Waals surface area contributed by atoms with Crippen molar-refractivity contribution in [3.8, 4) is 11.5 Å². The first-order valence-electron chi connectivity index (χ1n) is 11.0. The number of nitro groups is 1. The van der Waals surface area contributed by atoms with Gasteiger partial charge in [-0.05, 0) is 94.9 Å². The summed E-state index contributed by atoms with van der Waals surface area (Å²) in [5, 5.41) is 11.6. The van der Waals surface area contributed by atoms with Gasteiger partial charge in [0.05, 0.1) is 26.2 Å². The van der Waals surface area contributed by atoms with Crippen molar-refractivity contribution in [3.63, 3.8) is 0 Å². The summed E-state index contributed by atoms with van der Waals surface area (Å²) in [6.45, 7) is 2.64. The van der Waals surface area contributed by atoms with Crippen LogP contribution in [0.5, 0.6) is 11.5 Å². The Morgan fingerprint density at radius 2 is 1.92 bits per heavy atom. The number of halogens is 1. The molecule has 0 atom stereocenters. The number of nitro benzene ring substituents is 1. The fourth-order valence-corrected chi connectivity index (χ4v) is 5.19. The van der Waals surface area contributed by atoms with Crippen LogP contribution in [0.2, 0.25) is 0 Å². The topological polar surface area (TPSA) is 94.3 Å². The zero-order valence-corrected chi connectivity index (χ0v) is 22.5. The van der Waals surface area contributed by atoms with E-state index in [-0.39, 0.29) is 18.2 Å². The van der Waals surface area contributed by atoms with Crippen LogP contribution in [0.15, 0.2) is 76.6 Å². The molecule has 0 aliphatic carbocycles. The predicted octanol–water partition coefficient (Wildman–Crippen LogP) is 6.41. The molecule has 1 aliphatic heterocycles. The Labute approximate surface area is 226 Å². The van der Waals surface area contributed by atoms with Gasteiger partial charge in [0, 0.05) is 18.7 Å². The molecule has 1 aliphatic rings. The molecule has 1 fully saturated rings. The lowest BCUT2D eigenvalue weighted by atomic mass is 10.2. The molecular weight excluding hydrogens is 593 g/mol. The van der Waals surface area contributed by atoms with Crippen LogP contribution in [-0.2, 0) is 11.4 Å². The molecule has 1 saturated heterocycles. The molecule has 0 bridgehead atoms. The summed E-state index contributed by atoms with van der Waals surface area (Å²) in [6.07, 6.45) is 1.85. The average Bonchev–Trinajstić information content (AvgIpc) is 3.17. The highest BCUT2D eigenvalue weighted by Crippen LogP contribution is 2.35. The molecule has 0 unspecified atom stereocenters. The molecule has 0 spiro atoms. The van der Waals surface area contributed by atoms with E-state index >= 15 is 0 Å². The van der Waals surface area contributed by atoms with Crippen LogP contribution < -0.4 is 9.47 Å². The first-order valence-corrected chi connectivity index (χ1v) is 12.9. The molecule has 8 nitrogen and oxygen atoms in total. The maximum Gasteiger partial charge on any atom is 0.269 e. The van der Waals surface area contributed by atoms with Crippen molar-refractivity contribution < 1.29 is 19.2 Å². The number of nitrogens with zero attached hydrogens (tertiary/aromatic N) is 3. The van der Waals surface area contributed by atoms with Gasteiger partial charge in [-0.1, -0.05) is 18.2 Å². The minimum Gasteiger partial charge on any atom is -0.497 e. The SMILES string of the molecule is CCN1C(=O)/C(=C\c2ccc(OCc3cccc([N+](=O)[O-])c3)c(I)c2)SC1=Nc1ccc(OC)cc1. The van der Waals surface area contributed by atoms with Gasteiger partial charge in [0.1, 0.15) is 18.1 Å². The largest absolute Gasteiger partial charge is 0.497 e. The molecule has 0 aromatic heterocycles. The highest BCUT2D eigenvalue weighted by Gasteiger charge is 2.32. The van der Waals surface area contributed by atoms with Gasteiger partial charge in [-0.15, -0.1) is 0 Å². The number of amides is 1. The van der Waals surface area contributed by atoms with Gasteiger partial charge in [-0.25, -0.2) is 4.99 Å². The monoisotopic (exact) mass is 615 g/mol. The average molecular weight is 615 g/mol. The Morgan fingerprint density at radius 1 is 1.14 bits per heavy atom. The van der Waals surface area contributed by atoms with E-state index in [1.165, 1.54) is 23.9 Å². The smallest absolute Gasteiger partial charge is 0.269 e. The zero-order chi connectivity index (χ0) is 25.7. The quantitative estimate of drug-likeness (QED) is 0.126. The lowest BCUT2D eigenvalue weighted by Crippen LogP contribution is -2.28. The lowest BCUT2D eigenvalue weighted by Gasteiger charge is -2.12. The van der Waals surface area contributed by atoms with Crippen molar-refractivity contribution in [3.05, 3.63) is 96.4 Å². The second-order valence-electron chi connectivity index (χ2n) is 7.66. The minimum atomic E-state index is -0.426. The van der Waals surface area contributed by atoms with Crippen LogP contribution in [0, 0.1) is 13.7 Å². The van der Waals surface area contributed by atoms with Gasteiger partial charge in [-0.3, -0.25) is 19.8 Å². The summed E-state index contributed by atoms with van der Waals surface area (Å²) in [6, 6.07) is 19.4. The minimum absolute atomic E-state index is 0.0301. The number of rotatable bonds is 8. The number of amidine groups is 1. The first kappa shape index (κ1) is 25.7. The second-order valence-corrected chi connectivity index (χ2v) is 9.83. The Balaban J connectivity index is 1.49. The van der Waals surface area contributed by atoms with Crippen molar-refractivity contribution in [2.24, 2.45) is 4.99 Å². The van der Waals surface area contributed by atoms with E-state index < -0.39 is 4.92 Å². The molecule has 10 heteroatoms. The highest BCUT2D eigenvalue weighted by molar-refractivity contribution is 14.1. The van der Waals surface area contributed by atoms with Crippen molar-refractivity contribution >= 4 is 62.9 Å². The summed E-state index contributed by atoms with van der Waals surface area (Å²) in [5.74, 6) is 1.32. The third-order valence-corrected chi connectivity index (χ3v) is 7.12. The fourth-order valence-electron chi connectivity index (χ4n) is 3.43. The molecule has 1 amide bonds. The number of hydrogen-bond acceptors (Lipinski definition) is 7. The Morgan fingerprint density at radius 3 is 2.58 bits per heavy atom. The maximum absolute atomic E-state index is 13.0. The second kappa shape index (κ2) is 11.6. The standard InChI is InChI=1S/C26H22IN3O5S/c1-3-29-25(31)24(36-26(29)28-19-8-10-21(34-2)11-9-19)15-17-7-12-23(22(27)14-17)35-16-18-5-4-6-20(13-18)30(32)33/h4-15H,3,16H2,1-2H3/b24-15+,28-26?. The van der Waals surface area contributed by atoms with E-state index in [2.05, 4.69) is 27.6 Å². The maximum atomic E-state index is 13.0. The zero-order valence-electron chi connectivity index (χ0n) is 19.5. The Bertz CT molecular complexity index is 1360. The van der Waals surface area contributed by atoms with Gasteiger partial charge in [-0.2, -0.15) is 0 Å². The van der Waals surface area contributed by atoms with Crippen molar-refractivity contribution in [2.45, 2.75) is 13.5 Å². The summed E-state index contributed by atoms with van der Waals surface area (Å²) in [7, 11) is 1.61. The van der Waals surface area contributed by atoms with Gasteiger partial charge < -0.3 is 9.47 Å². The molecule has 0 N–H and O–H groups in total. The van der Waals surface area contributed by atoms with Gasteiger partial charge in [0.2, 0.25) is 0 Å². The molecule has 1 heterocycles. The number of ether oxygens (including phenoxy) is 2. The number of carbonyl (C=O) groups excluding carboxylic acids is 1. The summed E-state index contributed by atoms with van der Waals surface area (Å²) < 4.78 is 11.9. The van der Waals surface area contributed by atoms with E-state index in [9.17, 15) is 14.9 Å². The molecule has 184 valence electrons. The molecule has 3 aromatic carbocycles. The number of likely N-dealkylation sites (N-methyl/N-ethyl adjacent to an activating group) is 1. The number of thioether (sulfide) groups is 1. The number of non-ortho nitro benzene ring substituents is 1. The lowest BCUT2D eigenvalue weighted by molar-refractivity contribution is -0.384. The number of methoxy groups -OCH3 is 1. The van der Waals surface area contributed by atoms with E-state index in [0.29, 0.717) is 27.9 Å². The van der Waals surface area contributed by atoms with Crippen LogP contribution >= 0.6 is 34.4 Å². The highest BCUT2D eigenvalue weighted by atomic mass is 127. The fraction of sp³-hybridized carbons (Fsp3) is 0.154. The Kier molecular flexibility index (Phi) is 8.26. The molecule has 0 saturated carbocycles. The first-order chi connectivity index (χ1) is 17.4. The number of benzene rings is 3. The summed E-state index contributed by atoms with van der Waals surface area (Å²) >= 11 is 3.52. The third-order valence-electron chi connectivity index (χ3n) is 5.27. The summed E-state index contributed by atoms with van der Waals surface area (Å²) in [5.41, 5.74) is 2.34. The molecule has 4 rings (SSSR count). The third kappa shape index (κ3) is 6.05. The van der Waals surface area contributed by atoms with E-state index in [4.69, 9.17) is 9.47 Å². The number of aliphatic imine (C=N–C) groups is 1. The normalized spacial score (nSPS) is 15.5. The number of carbonyl (C=O) groups is 1. The predicted molar refractivity (Wildman–Crippen MR) is 150 cm³/mol. The van der Waals surface area contributed by atoms with Crippen molar-refractivity contribution in [2.75, 3.05) is 13.7 Å². The van der Waals surface area contributed by atoms with Crippen molar-refractivity contribution in [1.29, 1.82) is 0 Å². The van der Waals surface area contributed by atoms with Crippen LogP contribution in [0.1, 0.15) is 18.1 Å². The van der Waals surface area contributed by atoms with E-state index in [0.717, 1.165) is 20.6 Å². The van der Waals surface area contributed by atoms with Gasteiger partial charge >= 0.3 is 0 Å². The molecule has 36 heavy (non-hydrogen) atoms. The van der Waals surface area contributed by atoms with Crippen LogP contribution in [0.3, 0.4) is 0 Å². The van der Waals surface area contributed by atoms with E-state index in [1.807, 2.05) is 55.5 Å². The van der Waals surface area contributed by atoms with E-state index in [1.54, 1.807) is 24.1 Å². The van der Waals surface area contributed by atoms with Crippen molar-refractivity contribution in [1.82, 2.24) is 4.90 Å². The molecular formula is C26H22IN3O5S. The van der Waals surface area contributed by atoms with Crippen LogP contribution in [0.25, 0.3) is 6.08 Å². The molecule has 0 radical (unpaired) electrons. The molecule has 3 aromatic rings. The van der Waals surface area contributed by atoms with Crippen LogP contribution in [0.4, 0.5) is 11.4 Å². The number of hydrogen-bond donors (Lipinski definition) is 0. The van der Waals surface area contributed by atoms with Crippen LogP contribution in [-0.4, -0.2) is 34.6 Å². The summed E-state index contributed by atoms with van der Waals surface area (Å²) in [4.78, 5) is 30.4. The van der Waals surface area contributed by atoms with Gasteiger partial charge in [0.15, 0.2) is 5.17 Å².